The Morgan fingerprint density at radius 1 is 0.833 bits per heavy atom. The van der Waals surface area contributed by atoms with Crippen LogP contribution in [0.3, 0.4) is 0 Å². The van der Waals surface area contributed by atoms with Gasteiger partial charge in [0.05, 0.1) is 22.3 Å². The molecule has 1 aliphatic heterocycles. The van der Waals surface area contributed by atoms with Crippen LogP contribution in [0.25, 0.3) is 16.7 Å². The van der Waals surface area contributed by atoms with Crippen molar-refractivity contribution in [1.82, 2.24) is 4.57 Å². The van der Waals surface area contributed by atoms with E-state index >= 15 is 0 Å². The zero-order valence-electron chi connectivity index (χ0n) is 20.2. The first kappa shape index (κ1) is 19.8. The molecule has 0 fully saturated rings. The number of fused-ring (bicyclic) bond motifs is 3. The van der Waals surface area contributed by atoms with E-state index in [1.54, 1.807) is 0 Å². The van der Waals surface area contributed by atoms with Crippen molar-refractivity contribution < 1.29 is 4.57 Å². The highest BCUT2D eigenvalue weighted by Crippen LogP contribution is 2.50. The molecule has 158 valence electrons. The minimum absolute atomic E-state index is 0.0216. The summed E-state index contributed by atoms with van der Waals surface area (Å²) in [5.41, 5.74) is 10.2. The molecule has 1 aromatic heterocycles. The van der Waals surface area contributed by atoms with Crippen LogP contribution in [0.4, 0.5) is 0 Å². The Balaban J connectivity index is 1.93. The van der Waals surface area contributed by atoms with Crippen LogP contribution in [-0.4, -0.2) is 4.57 Å². The van der Waals surface area contributed by atoms with Crippen molar-refractivity contribution in [3.8, 4) is 5.69 Å². The van der Waals surface area contributed by atoms with Crippen molar-refractivity contribution in [2.45, 2.75) is 96.9 Å². The molecule has 2 heteroatoms. The lowest BCUT2D eigenvalue weighted by Crippen LogP contribution is -2.43. The standard InChI is InChI=1S/C28H36N2/c1-25(2,3)30-17-29-23-16-20-19(26(4,5)13-14-27(20,6)7)15-21(23)28(8,9)18-11-10-12-22(30)24(18)29/h10-12,15-16H,13-14H2,1-9H3. The van der Waals surface area contributed by atoms with Gasteiger partial charge in [0, 0.05) is 5.41 Å². The van der Waals surface area contributed by atoms with Gasteiger partial charge in [-0.2, -0.15) is 0 Å². The molecule has 0 saturated heterocycles. The maximum absolute atomic E-state index is 3.75. The van der Waals surface area contributed by atoms with E-state index in [1.165, 1.54) is 51.8 Å². The number of aromatic nitrogens is 2. The fourth-order valence-corrected chi connectivity index (χ4v) is 5.77. The predicted molar refractivity (Wildman–Crippen MR) is 125 cm³/mol. The zero-order valence-corrected chi connectivity index (χ0v) is 20.2. The maximum Gasteiger partial charge on any atom is 0.244 e. The topological polar surface area (TPSA) is 8.81 Å². The second-order valence-electron chi connectivity index (χ2n) is 12.4. The molecule has 0 radical (unpaired) electrons. The van der Waals surface area contributed by atoms with E-state index in [1.807, 2.05) is 0 Å². The van der Waals surface area contributed by atoms with Crippen molar-refractivity contribution in [3.05, 3.63) is 58.9 Å². The minimum atomic E-state index is -0.0422. The van der Waals surface area contributed by atoms with E-state index in [4.69, 9.17) is 0 Å². The Morgan fingerprint density at radius 2 is 1.43 bits per heavy atom. The smallest absolute Gasteiger partial charge is 0.244 e. The summed E-state index contributed by atoms with van der Waals surface area (Å²) in [5, 5.41) is 0. The molecule has 1 aliphatic carbocycles. The van der Waals surface area contributed by atoms with Gasteiger partial charge in [-0.15, -0.1) is 0 Å². The molecule has 3 aromatic rings. The number of nitrogens with zero attached hydrogens (tertiary/aromatic N) is 2. The maximum atomic E-state index is 3.75. The van der Waals surface area contributed by atoms with Crippen LogP contribution in [0.5, 0.6) is 0 Å². The van der Waals surface area contributed by atoms with Crippen LogP contribution in [0.2, 0.25) is 0 Å². The second-order valence-corrected chi connectivity index (χ2v) is 12.4. The normalized spacial score (nSPS) is 20.7. The fraction of sp³-hybridized carbons (Fsp3) is 0.536. The van der Waals surface area contributed by atoms with E-state index < -0.39 is 0 Å². The minimum Gasteiger partial charge on any atom is -0.319 e. The van der Waals surface area contributed by atoms with Gasteiger partial charge < -0.3 is 9.13 Å². The van der Waals surface area contributed by atoms with Crippen molar-refractivity contribution in [3.63, 3.8) is 0 Å². The molecule has 0 bridgehead atoms. The van der Waals surface area contributed by atoms with E-state index in [2.05, 4.69) is 108 Å². The third kappa shape index (κ3) is 2.46. The Kier molecular flexibility index (Phi) is 3.69. The Labute approximate surface area is 181 Å². The summed E-state index contributed by atoms with van der Waals surface area (Å²) in [6.07, 6.45) is 6.23. The molecule has 30 heavy (non-hydrogen) atoms. The molecule has 0 atom stereocenters. The van der Waals surface area contributed by atoms with Gasteiger partial charge in [-0.3, -0.25) is 0 Å². The van der Waals surface area contributed by atoms with Crippen LogP contribution in [0.15, 0.2) is 30.3 Å². The van der Waals surface area contributed by atoms with Crippen molar-refractivity contribution >= 4 is 11.0 Å². The summed E-state index contributed by atoms with van der Waals surface area (Å²) < 4.78 is 4.68. The lowest BCUT2D eigenvalue weighted by molar-refractivity contribution is -0.576. The molecular weight excluding hydrogens is 364 g/mol. The quantitative estimate of drug-likeness (QED) is 0.302. The van der Waals surface area contributed by atoms with Gasteiger partial charge in [0.15, 0.2) is 0 Å². The molecule has 0 saturated carbocycles. The lowest BCUT2D eigenvalue weighted by Gasteiger charge is -2.45. The fourth-order valence-electron chi connectivity index (χ4n) is 5.77. The number of rotatable bonds is 0. The number of benzene rings is 2. The van der Waals surface area contributed by atoms with Crippen LogP contribution in [-0.2, 0) is 21.8 Å². The van der Waals surface area contributed by atoms with Gasteiger partial charge >= 0.3 is 0 Å². The Bertz CT molecular complexity index is 1200. The molecule has 0 amide bonds. The average Bonchev–Trinajstić information content (AvgIpc) is 3.04. The lowest BCUT2D eigenvalue weighted by atomic mass is 9.61. The van der Waals surface area contributed by atoms with Crippen molar-refractivity contribution in [2.24, 2.45) is 0 Å². The summed E-state index contributed by atoms with van der Waals surface area (Å²) in [6, 6.07) is 11.8. The van der Waals surface area contributed by atoms with Gasteiger partial charge in [0.2, 0.25) is 6.33 Å². The van der Waals surface area contributed by atoms with Crippen LogP contribution in [0.1, 0.15) is 97.4 Å². The third-order valence-electron chi connectivity index (χ3n) is 7.91. The van der Waals surface area contributed by atoms with Gasteiger partial charge in [-0.25, -0.2) is 0 Å². The zero-order chi connectivity index (χ0) is 21.9. The number of imidazole rings is 1. The van der Waals surface area contributed by atoms with Gasteiger partial charge in [-0.1, -0.05) is 71.9 Å². The molecule has 2 aliphatic rings. The molecule has 0 N–H and O–H groups in total. The molecule has 0 unspecified atom stereocenters. The summed E-state index contributed by atoms with van der Waals surface area (Å²) in [5.74, 6) is 0. The monoisotopic (exact) mass is 400 g/mol. The highest BCUT2D eigenvalue weighted by Gasteiger charge is 2.41. The van der Waals surface area contributed by atoms with Gasteiger partial charge in [0.25, 0.3) is 0 Å². The molecular formula is C28H36N2. The predicted octanol–water partition coefficient (Wildman–Crippen LogP) is 6.46. The van der Waals surface area contributed by atoms with E-state index in [0.29, 0.717) is 0 Å². The number of hydrogen-bond donors (Lipinski definition) is 0. The number of para-hydroxylation sites is 1. The van der Waals surface area contributed by atoms with Crippen LogP contribution in [0, 0.1) is 6.33 Å². The molecule has 2 nitrogen and oxygen atoms in total. The van der Waals surface area contributed by atoms with E-state index in [-0.39, 0.29) is 21.8 Å². The van der Waals surface area contributed by atoms with Crippen LogP contribution < -0.4 is 4.57 Å². The first-order valence-corrected chi connectivity index (χ1v) is 11.4. The van der Waals surface area contributed by atoms with Crippen molar-refractivity contribution in [1.29, 1.82) is 0 Å². The molecule has 2 aromatic carbocycles. The first-order chi connectivity index (χ1) is 13.7. The van der Waals surface area contributed by atoms with Crippen molar-refractivity contribution in [2.75, 3.05) is 0 Å². The van der Waals surface area contributed by atoms with E-state index in [9.17, 15) is 0 Å². The third-order valence-corrected chi connectivity index (χ3v) is 7.91. The SMILES string of the molecule is CC1(C)CCC(C)(C)c2cc3c(cc21)-[n+]1[c-]n(C(C)(C)C)c2cccc(c21)C3(C)C. The summed E-state index contributed by atoms with van der Waals surface area (Å²) in [6.45, 7) is 21.3. The molecule has 2 heterocycles. The summed E-state index contributed by atoms with van der Waals surface area (Å²) in [7, 11) is 0. The molecule has 0 spiro atoms. The van der Waals surface area contributed by atoms with Gasteiger partial charge in [-0.05, 0) is 66.7 Å². The second kappa shape index (κ2) is 5.58. The average molecular weight is 401 g/mol. The van der Waals surface area contributed by atoms with Gasteiger partial charge in [0.1, 0.15) is 0 Å². The highest BCUT2D eigenvalue weighted by atomic mass is 15.2. The Morgan fingerprint density at radius 3 is 2.03 bits per heavy atom. The summed E-state index contributed by atoms with van der Waals surface area (Å²) in [4.78, 5) is 0. The largest absolute Gasteiger partial charge is 0.319 e. The van der Waals surface area contributed by atoms with Crippen LogP contribution >= 0.6 is 0 Å². The Hall–Kier alpha value is -2.09. The molecule has 5 rings (SSSR count). The van der Waals surface area contributed by atoms with E-state index in [0.717, 1.165) is 0 Å². The summed E-state index contributed by atoms with van der Waals surface area (Å²) >= 11 is 0. The highest BCUT2D eigenvalue weighted by molar-refractivity contribution is 5.81. The first-order valence-electron chi connectivity index (χ1n) is 11.4. The number of hydrogen-bond acceptors (Lipinski definition) is 0.